The zero-order valence-corrected chi connectivity index (χ0v) is 40.7. The van der Waals surface area contributed by atoms with E-state index in [1.165, 1.54) is 0 Å². The molecule has 5 aliphatic heterocycles. The zero-order chi connectivity index (χ0) is 46.2. The third-order valence-electron chi connectivity index (χ3n) is 15.9. The summed E-state index contributed by atoms with van der Waals surface area (Å²) in [6.07, 6.45) is 6.98. The minimum Gasteiger partial charge on any atom is -0.481 e. The second-order valence-corrected chi connectivity index (χ2v) is 20.9. The molecular weight excluding hydrogens is 844 g/mol. The summed E-state index contributed by atoms with van der Waals surface area (Å²) in [7, 11) is 0. The van der Waals surface area contributed by atoms with E-state index in [0.717, 1.165) is 12.1 Å². The Kier molecular flexibility index (Phi) is 15.9. The van der Waals surface area contributed by atoms with Gasteiger partial charge in [0.25, 0.3) is 0 Å². The largest absolute Gasteiger partial charge is 0.481 e. The number of benzene rings is 1. The summed E-state index contributed by atoms with van der Waals surface area (Å²) < 4.78 is 34.9. The molecule has 0 bridgehead atoms. The summed E-state index contributed by atoms with van der Waals surface area (Å²) >= 11 is 12.0. The molecule has 2 spiro atoms. The molecule has 1 aromatic rings. The number of aliphatic hydroxyl groups excluding tert-OH is 1. The van der Waals surface area contributed by atoms with Crippen molar-refractivity contribution in [3.8, 4) is 0 Å². The van der Waals surface area contributed by atoms with Crippen molar-refractivity contribution in [3.05, 3.63) is 41.4 Å². The first-order valence-electron chi connectivity index (χ1n) is 23.7. The Morgan fingerprint density at radius 2 is 1.60 bits per heavy atom. The van der Waals surface area contributed by atoms with Gasteiger partial charge in [0, 0.05) is 40.8 Å². The van der Waals surface area contributed by atoms with Gasteiger partial charge in [0.1, 0.15) is 11.8 Å². The predicted octanol–water partition coefficient (Wildman–Crippen LogP) is 8.84. The van der Waals surface area contributed by atoms with Gasteiger partial charge in [0.15, 0.2) is 16.7 Å². The van der Waals surface area contributed by atoms with Crippen LogP contribution in [0.25, 0.3) is 0 Å². The number of anilines is 1. The van der Waals surface area contributed by atoms with Crippen LogP contribution in [-0.2, 0) is 33.3 Å². The Balaban J connectivity index is 1.25. The molecule has 4 saturated heterocycles. The van der Waals surface area contributed by atoms with Crippen molar-refractivity contribution in [3.63, 3.8) is 0 Å². The molecular formula is C49H75ClN2O10S. The highest BCUT2D eigenvalue weighted by molar-refractivity contribution is 7.80. The number of carboxylic acid groups (broad SMARTS) is 1. The fraction of sp³-hybridized carbons (Fsp3) is 0.776. The number of carboxylic acids is 1. The van der Waals surface area contributed by atoms with E-state index in [-0.39, 0.29) is 41.8 Å². The fourth-order valence-electron chi connectivity index (χ4n) is 11.5. The summed E-state index contributed by atoms with van der Waals surface area (Å²) in [6, 6.07) is 6.75. The maximum atomic E-state index is 14.7. The zero-order valence-electron chi connectivity index (χ0n) is 39.1. The van der Waals surface area contributed by atoms with E-state index in [4.69, 9.17) is 47.5 Å². The van der Waals surface area contributed by atoms with Crippen LogP contribution < -0.4 is 10.6 Å². The van der Waals surface area contributed by atoms with Crippen LogP contribution in [0.15, 0.2) is 36.4 Å². The van der Waals surface area contributed by atoms with Crippen LogP contribution in [0, 0.1) is 41.4 Å². The molecule has 14 heteroatoms. The number of ketones is 1. The van der Waals surface area contributed by atoms with Crippen LogP contribution in [0.1, 0.15) is 133 Å². The molecule has 0 saturated carbocycles. The first-order chi connectivity index (χ1) is 29.6. The van der Waals surface area contributed by atoms with Gasteiger partial charge in [-0.3, -0.25) is 9.59 Å². The first kappa shape index (κ1) is 50.2. The monoisotopic (exact) mass is 918 g/mol. The molecule has 0 amide bonds. The minimum atomic E-state index is -1.25. The molecule has 1 aromatic carbocycles. The van der Waals surface area contributed by atoms with Gasteiger partial charge in [-0.2, -0.15) is 0 Å². The average molecular weight is 920 g/mol. The molecule has 0 aliphatic carbocycles. The summed E-state index contributed by atoms with van der Waals surface area (Å²) in [5, 5.41) is 40.8. The number of carbonyl (C=O) groups excluding carboxylic acids is 1. The summed E-state index contributed by atoms with van der Waals surface area (Å²) in [5.74, 6) is -5.78. The van der Waals surface area contributed by atoms with Crippen molar-refractivity contribution in [1.29, 1.82) is 0 Å². The van der Waals surface area contributed by atoms with E-state index in [1.54, 1.807) is 19.1 Å². The number of hydrogen-bond acceptors (Lipinski definition) is 10. The topological polar surface area (TPSA) is 165 Å². The molecule has 4 fully saturated rings. The van der Waals surface area contributed by atoms with E-state index in [2.05, 4.69) is 38.3 Å². The Morgan fingerprint density at radius 1 is 0.921 bits per heavy atom. The van der Waals surface area contributed by atoms with Crippen LogP contribution in [0.3, 0.4) is 0 Å². The lowest BCUT2D eigenvalue weighted by atomic mass is 9.72. The van der Waals surface area contributed by atoms with Gasteiger partial charge < -0.3 is 49.6 Å². The number of Topliss-reactive ketones (excluding diaryl/α,β-unsaturated/α-hetero) is 1. The van der Waals surface area contributed by atoms with Crippen LogP contribution in [0.2, 0.25) is 5.02 Å². The Bertz CT molecular complexity index is 1800. The van der Waals surface area contributed by atoms with Gasteiger partial charge in [0.2, 0.25) is 0 Å². The van der Waals surface area contributed by atoms with Crippen molar-refractivity contribution in [2.24, 2.45) is 41.4 Å². The number of thiocarbonyl (C=S) groups is 1. The average Bonchev–Trinajstić information content (AvgIpc) is 3.59. The quantitative estimate of drug-likeness (QED) is 0.0889. The highest BCUT2D eigenvalue weighted by Gasteiger charge is 2.63. The molecule has 5 heterocycles. The number of halogens is 1. The number of hydrogen-bond donors (Lipinski definition) is 5. The summed E-state index contributed by atoms with van der Waals surface area (Å²) in [5.41, 5.74) is -0.894. The Labute approximate surface area is 385 Å². The molecule has 0 aromatic heterocycles. The lowest BCUT2D eigenvalue weighted by Gasteiger charge is -2.55. The SMILES string of the molecule is CCC(C(=O)[C@@H](C)[C@@H](O)[C@H](C)[C@@H]1O[C@@H]([C@@H](CC)C(=O)O)CC[C@@H]1C)[C@H]1O[C@]2(C=CC(NC(=S)Nc3ccc(Cl)cc3)[C@]3(CC[C@@](C)([C@H]4CC[C@](O)(CC)[C@H](C)O4)O3)O2)[C@H](C)C[C@@H]1C. The molecule has 5 aliphatic rings. The van der Waals surface area contributed by atoms with Crippen LogP contribution in [0.5, 0.6) is 0 Å². The lowest BCUT2D eigenvalue weighted by Crippen LogP contribution is -2.66. The number of carbonyl (C=O) groups is 2. The van der Waals surface area contributed by atoms with Gasteiger partial charge in [-0.05, 0) is 126 Å². The molecule has 0 radical (unpaired) electrons. The van der Waals surface area contributed by atoms with Gasteiger partial charge in [-0.15, -0.1) is 0 Å². The maximum Gasteiger partial charge on any atom is 0.309 e. The first-order valence-corrected chi connectivity index (χ1v) is 24.5. The van der Waals surface area contributed by atoms with Crippen molar-refractivity contribution in [2.75, 3.05) is 5.32 Å². The van der Waals surface area contributed by atoms with E-state index in [1.807, 2.05) is 58.9 Å². The predicted molar refractivity (Wildman–Crippen MR) is 247 cm³/mol. The molecule has 63 heavy (non-hydrogen) atoms. The number of rotatable bonds is 14. The van der Waals surface area contributed by atoms with Gasteiger partial charge in [-0.1, -0.05) is 73.1 Å². The standard InChI is InChI=1S/C49H75ClN2O10S/c1-11-35(44(55)56)37-19-14-27(4)42(59-37)31(8)40(53)30(7)41(54)36(12-2)43-28(5)26-29(6)48(60-43)23-20-38(52-45(63)51-34-17-15-33(50)16-18-34)49(62-48)25-24-46(10,61-49)39-21-22-47(57,13-3)32(9)58-39/h15-18,20,23,27-32,35-40,42-43,53,57H,11-14,19,21-22,24-26H2,1-10H3,(H,55,56)(H2,51,52,63)/t27-,28-,29+,30-,31-,32-,35+,36?,37+,38?,39+,40+,42+,43-,46-,47+,48-,49-/m0/s1. The van der Waals surface area contributed by atoms with E-state index in [0.29, 0.717) is 67.9 Å². The van der Waals surface area contributed by atoms with Crippen LogP contribution in [0.4, 0.5) is 5.69 Å². The molecule has 18 atom stereocenters. The maximum absolute atomic E-state index is 14.7. The lowest BCUT2D eigenvalue weighted by molar-refractivity contribution is -0.397. The number of aliphatic hydroxyl groups is 2. The van der Waals surface area contributed by atoms with Crippen molar-refractivity contribution < 1.29 is 48.6 Å². The molecule has 12 nitrogen and oxygen atoms in total. The Hall–Kier alpha value is -2.20. The third kappa shape index (κ3) is 10.2. The van der Waals surface area contributed by atoms with Crippen molar-refractivity contribution >= 4 is 46.4 Å². The van der Waals surface area contributed by atoms with Crippen LogP contribution in [-0.4, -0.2) is 97.6 Å². The van der Waals surface area contributed by atoms with Crippen molar-refractivity contribution in [2.45, 2.75) is 199 Å². The van der Waals surface area contributed by atoms with Crippen molar-refractivity contribution in [1.82, 2.24) is 5.32 Å². The van der Waals surface area contributed by atoms with E-state index >= 15 is 0 Å². The minimum absolute atomic E-state index is 0.00472. The molecule has 2 unspecified atom stereocenters. The van der Waals surface area contributed by atoms with Crippen LogP contribution >= 0.6 is 23.8 Å². The van der Waals surface area contributed by atoms with Gasteiger partial charge in [-0.25, -0.2) is 0 Å². The normalized spacial score (nSPS) is 40.5. The highest BCUT2D eigenvalue weighted by atomic mass is 35.5. The smallest absolute Gasteiger partial charge is 0.309 e. The second kappa shape index (κ2) is 20.0. The van der Waals surface area contributed by atoms with E-state index in [9.17, 15) is 24.9 Å². The third-order valence-corrected chi connectivity index (χ3v) is 16.3. The molecule has 354 valence electrons. The summed E-state index contributed by atoms with van der Waals surface area (Å²) in [6.45, 7) is 19.8. The van der Waals surface area contributed by atoms with Gasteiger partial charge in [0.05, 0.1) is 53.7 Å². The fourth-order valence-corrected chi connectivity index (χ4v) is 11.9. The second-order valence-electron chi connectivity index (χ2n) is 20.1. The Morgan fingerprint density at radius 3 is 2.22 bits per heavy atom. The molecule has 6 rings (SSSR count). The number of aliphatic carboxylic acids is 1. The highest BCUT2D eigenvalue weighted by Crippen LogP contribution is 2.54. The molecule has 5 N–H and O–H groups in total. The summed E-state index contributed by atoms with van der Waals surface area (Å²) in [4.78, 5) is 26.8. The van der Waals surface area contributed by atoms with E-state index < -0.39 is 76.8 Å². The number of ether oxygens (including phenoxy) is 5. The van der Waals surface area contributed by atoms with Gasteiger partial charge >= 0.3 is 5.97 Å². The number of nitrogens with one attached hydrogen (secondary N) is 2.